The van der Waals surface area contributed by atoms with E-state index in [0.717, 1.165) is 56.9 Å². The van der Waals surface area contributed by atoms with E-state index in [-0.39, 0.29) is 18.6 Å². The zero-order chi connectivity index (χ0) is 21.2. The fraction of sp³-hybridized carbons (Fsp3) is 0.720. The van der Waals surface area contributed by atoms with Gasteiger partial charge < -0.3 is 14.9 Å². The van der Waals surface area contributed by atoms with Crippen molar-refractivity contribution in [2.75, 3.05) is 0 Å². The summed E-state index contributed by atoms with van der Waals surface area (Å²) >= 11 is 0. The van der Waals surface area contributed by atoms with Crippen molar-refractivity contribution in [2.24, 2.45) is 0 Å². The molecule has 0 aliphatic rings. The highest BCUT2D eigenvalue weighted by Gasteiger charge is 2.13. The summed E-state index contributed by atoms with van der Waals surface area (Å²) < 4.78 is 5.85. The molecule has 0 aliphatic carbocycles. The number of ether oxygens (including phenoxy) is 1. The molecule has 166 valence electrons. The van der Waals surface area contributed by atoms with E-state index in [2.05, 4.69) is 6.92 Å². The van der Waals surface area contributed by atoms with Crippen LogP contribution in [0.4, 0.5) is 0 Å². The van der Waals surface area contributed by atoms with Crippen molar-refractivity contribution in [1.82, 2.24) is 0 Å². The first kappa shape index (κ1) is 25.6. The van der Waals surface area contributed by atoms with Crippen LogP contribution in [0.15, 0.2) is 30.3 Å². The number of aliphatic hydroxyl groups is 1. The van der Waals surface area contributed by atoms with E-state index in [1.54, 1.807) is 0 Å². The minimum Gasteiger partial charge on any atom is -0.481 e. The molecule has 0 saturated heterocycles. The Labute approximate surface area is 177 Å². The maximum Gasteiger partial charge on any atom is 0.305 e. The average Bonchev–Trinajstić information content (AvgIpc) is 2.72. The number of hydrogen-bond acceptors (Lipinski definition) is 3. The molecule has 2 N–H and O–H groups in total. The Morgan fingerprint density at radius 1 is 0.862 bits per heavy atom. The van der Waals surface area contributed by atoms with Gasteiger partial charge in [0, 0.05) is 0 Å². The number of carboxylic acids is 1. The Morgan fingerprint density at radius 2 is 1.41 bits per heavy atom. The van der Waals surface area contributed by atoms with Crippen molar-refractivity contribution in [1.29, 1.82) is 0 Å². The molecule has 0 saturated carbocycles. The normalized spacial score (nSPS) is 13.3. The number of unbranched alkanes of at least 4 members (excludes halogenated alkanes) is 8. The van der Waals surface area contributed by atoms with E-state index >= 15 is 0 Å². The number of carboxylic acid groups (broad SMARTS) is 1. The van der Waals surface area contributed by atoms with E-state index < -0.39 is 5.97 Å². The van der Waals surface area contributed by atoms with Crippen LogP contribution >= 0.6 is 0 Å². The van der Waals surface area contributed by atoms with Gasteiger partial charge in [0.25, 0.3) is 0 Å². The zero-order valence-electron chi connectivity index (χ0n) is 18.4. The summed E-state index contributed by atoms with van der Waals surface area (Å²) in [6.07, 6.45) is 14.3. The quantitative estimate of drug-likeness (QED) is 0.257. The van der Waals surface area contributed by atoms with Crippen LogP contribution in [0.1, 0.15) is 102 Å². The molecular weight excluding hydrogens is 364 g/mol. The minimum absolute atomic E-state index is 0.0803. The molecule has 0 aromatic heterocycles. The van der Waals surface area contributed by atoms with Gasteiger partial charge in [0.15, 0.2) is 0 Å². The highest BCUT2D eigenvalue weighted by atomic mass is 16.5. The standard InChI is InChI=1S/C25H42O4/c1-2-3-17-23(26)18-13-8-6-4-5-7-9-14-19-24(20-25(27)28)29-21-22-15-11-10-12-16-22/h10-12,15-16,23-24,26H,2-9,13-14,17-21H2,1H3,(H,27,28). The van der Waals surface area contributed by atoms with E-state index in [0.29, 0.717) is 6.61 Å². The number of rotatable bonds is 19. The topological polar surface area (TPSA) is 66.8 Å². The first-order valence-corrected chi connectivity index (χ1v) is 11.7. The number of aliphatic carboxylic acids is 1. The second kappa shape index (κ2) is 17.5. The molecule has 2 unspecified atom stereocenters. The highest BCUT2D eigenvalue weighted by Crippen LogP contribution is 2.16. The molecule has 0 bridgehead atoms. The van der Waals surface area contributed by atoms with E-state index in [4.69, 9.17) is 9.84 Å². The van der Waals surface area contributed by atoms with Crippen molar-refractivity contribution in [3.63, 3.8) is 0 Å². The van der Waals surface area contributed by atoms with Gasteiger partial charge in [0.05, 0.1) is 25.2 Å². The lowest BCUT2D eigenvalue weighted by atomic mass is 10.0. The van der Waals surface area contributed by atoms with Gasteiger partial charge in [-0.25, -0.2) is 0 Å². The largest absolute Gasteiger partial charge is 0.481 e. The second-order valence-electron chi connectivity index (χ2n) is 8.22. The number of hydrogen-bond donors (Lipinski definition) is 2. The number of carbonyl (C=O) groups is 1. The molecule has 1 aromatic rings. The average molecular weight is 407 g/mol. The maximum absolute atomic E-state index is 11.1. The van der Waals surface area contributed by atoms with Gasteiger partial charge in [-0.3, -0.25) is 4.79 Å². The fourth-order valence-corrected chi connectivity index (χ4v) is 3.62. The Hall–Kier alpha value is -1.39. The summed E-state index contributed by atoms with van der Waals surface area (Å²) in [5.41, 5.74) is 1.08. The van der Waals surface area contributed by atoms with Crippen LogP contribution in [0.2, 0.25) is 0 Å². The van der Waals surface area contributed by atoms with Gasteiger partial charge in [-0.15, -0.1) is 0 Å². The van der Waals surface area contributed by atoms with Gasteiger partial charge >= 0.3 is 5.97 Å². The Bertz CT molecular complexity index is 503. The lowest BCUT2D eigenvalue weighted by molar-refractivity contribution is -0.140. The Kier molecular flexibility index (Phi) is 15.4. The SMILES string of the molecule is CCCCC(O)CCCCCCCCCCC(CC(=O)O)OCc1ccccc1. The van der Waals surface area contributed by atoms with Crippen molar-refractivity contribution in [3.05, 3.63) is 35.9 Å². The molecular formula is C25H42O4. The molecule has 0 aliphatic heterocycles. The van der Waals surface area contributed by atoms with Crippen LogP contribution in [0.5, 0.6) is 0 Å². The third kappa shape index (κ3) is 15.2. The first-order chi connectivity index (χ1) is 14.1. The predicted octanol–water partition coefficient (Wildman–Crippen LogP) is 6.50. The van der Waals surface area contributed by atoms with Gasteiger partial charge in [0.1, 0.15) is 0 Å². The molecule has 2 atom stereocenters. The molecule has 4 nitrogen and oxygen atoms in total. The molecule has 29 heavy (non-hydrogen) atoms. The van der Waals surface area contributed by atoms with Crippen LogP contribution in [-0.4, -0.2) is 28.4 Å². The summed E-state index contributed by atoms with van der Waals surface area (Å²) in [4.78, 5) is 11.1. The lowest BCUT2D eigenvalue weighted by Gasteiger charge is -2.16. The summed E-state index contributed by atoms with van der Waals surface area (Å²) in [5.74, 6) is -0.789. The van der Waals surface area contributed by atoms with Crippen LogP contribution in [0.3, 0.4) is 0 Å². The smallest absolute Gasteiger partial charge is 0.305 e. The summed E-state index contributed by atoms with van der Waals surface area (Å²) in [6, 6.07) is 9.92. The summed E-state index contributed by atoms with van der Waals surface area (Å²) in [7, 11) is 0. The van der Waals surface area contributed by atoms with Crippen molar-refractivity contribution in [3.8, 4) is 0 Å². The maximum atomic E-state index is 11.1. The Morgan fingerprint density at radius 3 is 2.00 bits per heavy atom. The molecule has 0 spiro atoms. The minimum atomic E-state index is -0.789. The van der Waals surface area contributed by atoms with Gasteiger partial charge in [-0.05, 0) is 24.8 Å². The van der Waals surface area contributed by atoms with Crippen LogP contribution in [-0.2, 0) is 16.1 Å². The van der Waals surface area contributed by atoms with Crippen molar-refractivity contribution >= 4 is 5.97 Å². The molecule has 0 radical (unpaired) electrons. The molecule has 0 fully saturated rings. The van der Waals surface area contributed by atoms with Gasteiger partial charge in [0.2, 0.25) is 0 Å². The third-order valence-electron chi connectivity index (χ3n) is 5.44. The van der Waals surface area contributed by atoms with Crippen LogP contribution < -0.4 is 0 Å². The first-order valence-electron chi connectivity index (χ1n) is 11.7. The predicted molar refractivity (Wildman–Crippen MR) is 119 cm³/mol. The molecule has 0 heterocycles. The Balaban J connectivity index is 2.02. The zero-order valence-corrected chi connectivity index (χ0v) is 18.4. The fourth-order valence-electron chi connectivity index (χ4n) is 3.62. The van der Waals surface area contributed by atoms with Gasteiger partial charge in [-0.1, -0.05) is 101 Å². The van der Waals surface area contributed by atoms with E-state index in [1.165, 1.54) is 32.1 Å². The monoisotopic (exact) mass is 406 g/mol. The molecule has 0 amide bonds. The molecule has 1 rings (SSSR count). The lowest BCUT2D eigenvalue weighted by Crippen LogP contribution is -2.17. The number of benzene rings is 1. The van der Waals surface area contributed by atoms with Crippen molar-refractivity contribution < 1.29 is 19.7 Å². The highest BCUT2D eigenvalue weighted by molar-refractivity contribution is 5.67. The summed E-state index contributed by atoms with van der Waals surface area (Å²) in [6.45, 7) is 2.64. The molecule has 4 heteroatoms. The van der Waals surface area contributed by atoms with Gasteiger partial charge in [-0.2, -0.15) is 0 Å². The van der Waals surface area contributed by atoms with E-state index in [1.807, 2.05) is 30.3 Å². The van der Waals surface area contributed by atoms with Crippen LogP contribution in [0, 0.1) is 0 Å². The van der Waals surface area contributed by atoms with Crippen molar-refractivity contribution in [2.45, 2.75) is 116 Å². The second-order valence-corrected chi connectivity index (χ2v) is 8.22. The number of aliphatic hydroxyl groups excluding tert-OH is 1. The summed E-state index contributed by atoms with van der Waals surface area (Å²) in [5, 5.41) is 18.9. The third-order valence-corrected chi connectivity index (χ3v) is 5.44. The molecule has 1 aromatic carbocycles. The van der Waals surface area contributed by atoms with E-state index in [9.17, 15) is 9.90 Å². The van der Waals surface area contributed by atoms with Crippen LogP contribution in [0.25, 0.3) is 0 Å².